The lowest BCUT2D eigenvalue weighted by Crippen LogP contribution is -2.33. The van der Waals surface area contributed by atoms with Crippen molar-refractivity contribution in [2.75, 3.05) is 13.1 Å². The van der Waals surface area contributed by atoms with Crippen LogP contribution in [0.2, 0.25) is 0 Å². The van der Waals surface area contributed by atoms with Gasteiger partial charge in [0.25, 0.3) is 0 Å². The summed E-state index contributed by atoms with van der Waals surface area (Å²) in [5.74, 6) is 1.53. The van der Waals surface area contributed by atoms with E-state index in [9.17, 15) is 0 Å². The van der Waals surface area contributed by atoms with Crippen molar-refractivity contribution in [3.05, 3.63) is 29.6 Å². The van der Waals surface area contributed by atoms with Gasteiger partial charge in [-0.25, -0.2) is 0 Å². The lowest BCUT2D eigenvalue weighted by Gasteiger charge is -2.31. The van der Waals surface area contributed by atoms with Crippen LogP contribution < -0.4 is 0 Å². The van der Waals surface area contributed by atoms with Crippen molar-refractivity contribution in [3.63, 3.8) is 0 Å². The number of nitrogens with zero attached hydrogens (tertiary/aromatic N) is 2. The van der Waals surface area contributed by atoms with Gasteiger partial charge in [-0.15, -0.1) is 0 Å². The molecule has 0 saturated carbocycles. The van der Waals surface area contributed by atoms with Crippen molar-refractivity contribution < 1.29 is 0 Å². The Kier molecular flexibility index (Phi) is 4.76. The molecule has 1 aliphatic rings. The second kappa shape index (κ2) is 6.33. The molecule has 18 heavy (non-hydrogen) atoms. The monoisotopic (exact) mass is 246 g/mol. The van der Waals surface area contributed by atoms with Gasteiger partial charge in [-0.2, -0.15) is 0 Å². The highest BCUT2D eigenvalue weighted by Gasteiger charge is 2.17. The van der Waals surface area contributed by atoms with E-state index >= 15 is 0 Å². The van der Waals surface area contributed by atoms with Gasteiger partial charge in [0.1, 0.15) is 0 Å². The Bertz CT molecular complexity index is 365. The molecule has 1 aromatic rings. The van der Waals surface area contributed by atoms with Gasteiger partial charge in [0.05, 0.1) is 0 Å². The highest BCUT2D eigenvalue weighted by molar-refractivity contribution is 5.20. The molecule has 0 aliphatic carbocycles. The fourth-order valence-electron chi connectivity index (χ4n) is 2.72. The highest BCUT2D eigenvalue weighted by atomic mass is 15.1. The van der Waals surface area contributed by atoms with Gasteiger partial charge in [-0.3, -0.25) is 9.88 Å². The van der Waals surface area contributed by atoms with Crippen LogP contribution in [0.5, 0.6) is 0 Å². The maximum atomic E-state index is 4.38. The summed E-state index contributed by atoms with van der Waals surface area (Å²) in [6.07, 6.45) is 8.11. The molecule has 1 fully saturated rings. The Morgan fingerprint density at radius 3 is 2.61 bits per heavy atom. The first-order valence-electron chi connectivity index (χ1n) is 7.35. The number of piperidine rings is 1. The molecule has 0 unspecified atom stereocenters. The van der Waals surface area contributed by atoms with E-state index in [1.54, 1.807) is 0 Å². The van der Waals surface area contributed by atoms with Crippen molar-refractivity contribution in [3.8, 4) is 0 Å². The first kappa shape index (κ1) is 13.5. The molecule has 0 radical (unpaired) electrons. The Morgan fingerprint density at radius 1 is 1.28 bits per heavy atom. The molecular formula is C16H26N2. The Morgan fingerprint density at radius 2 is 2.00 bits per heavy atom. The van der Waals surface area contributed by atoms with E-state index in [1.807, 2.05) is 12.4 Å². The van der Waals surface area contributed by atoms with Crippen LogP contribution in [0.4, 0.5) is 0 Å². The molecule has 0 aromatic carbocycles. The zero-order valence-corrected chi connectivity index (χ0v) is 12.0. The van der Waals surface area contributed by atoms with Crippen molar-refractivity contribution in [2.45, 2.75) is 52.5 Å². The number of hydrogen-bond donors (Lipinski definition) is 0. The third-order valence-electron chi connectivity index (χ3n) is 4.17. The SMILES string of the molecule is CCC1CCN(Cc2cncc(C(C)C)c2)CC1. The highest BCUT2D eigenvalue weighted by Crippen LogP contribution is 2.22. The predicted octanol–water partition coefficient (Wildman–Crippen LogP) is 3.83. The summed E-state index contributed by atoms with van der Waals surface area (Å²) in [7, 11) is 0. The van der Waals surface area contributed by atoms with Crippen LogP contribution in [0.3, 0.4) is 0 Å². The van der Waals surface area contributed by atoms with Crippen LogP contribution >= 0.6 is 0 Å². The molecule has 2 heterocycles. The summed E-state index contributed by atoms with van der Waals surface area (Å²) in [4.78, 5) is 6.95. The minimum Gasteiger partial charge on any atom is -0.299 e. The van der Waals surface area contributed by atoms with Gasteiger partial charge < -0.3 is 0 Å². The first-order chi connectivity index (χ1) is 8.69. The summed E-state index contributed by atoms with van der Waals surface area (Å²) < 4.78 is 0. The maximum Gasteiger partial charge on any atom is 0.0313 e. The van der Waals surface area contributed by atoms with Gasteiger partial charge in [-0.05, 0) is 48.9 Å². The van der Waals surface area contributed by atoms with Crippen LogP contribution in [-0.2, 0) is 6.54 Å². The van der Waals surface area contributed by atoms with Crippen molar-refractivity contribution in [2.24, 2.45) is 5.92 Å². The molecule has 2 nitrogen and oxygen atoms in total. The van der Waals surface area contributed by atoms with Crippen LogP contribution in [0, 0.1) is 5.92 Å². The van der Waals surface area contributed by atoms with Crippen LogP contribution in [0.25, 0.3) is 0 Å². The minimum absolute atomic E-state index is 0.572. The average Bonchev–Trinajstić information content (AvgIpc) is 2.40. The van der Waals surface area contributed by atoms with E-state index in [1.165, 1.54) is 43.5 Å². The van der Waals surface area contributed by atoms with E-state index < -0.39 is 0 Å². The Hall–Kier alpha value is -0.890. The normalized spacial score (nSPS) is 18.4. The number of aromatic nitrogens is 1. The molecular weight excluding hydrogens is 220 g/mol. The second-order valence-electron chi connectivity index (χ2n) is 5.91. The van der Waals surface area contributed by atoms with E-state index in [0.29, 0.717) is 5.92 Å². The summed E-state index contributed by atoms with van der Waals surface area (Å²) in [5.41, 5.74) is 2.73. The predicted molar refractivity (Wildman–Crippen MR) is 76.6 cm³/mol. The molecule has 0 spiro atoms. The molecule has 0 N–H and O–H groups in total. The molecule has 0 amide bonds. The van der Waals surface area contributed by atoms with Gasteiger partial charge in [-0.1, -0.05) is 33.3 Å². The molecule has 0 bridgehead atoms. The Labute approximate surface area is 111 Å². The standard InChI is InChI=1S/C16H26N2/c1-4-14-5-7-18(8-6-14)12-15-9-16(13(2)3)11-17-10-15/h9-11,13-14H,4-8,12H2,1-3H3. The molecule has 1 aromatic heterocycles. The third kappa shape index (κ3) is 3.55. The number of likely N-dealkylation sites (tertiary alicyclic amines) is 1. The molecule has 1 saturated heterocycles. The first-order valence-corrected chi connectivity index (χ1v) is 7.35. The molecule has 100 valence electrons. The van der Waals surface area contributed by atoms with Gasteiger partial charge in [0, 0.05) is 18.9 Å². The summed E-state index contributed by atoms with van der Waals surface area (Å²) in [5, 5.41) is 0. The lowest BCUT2D eigenvalue weighted by atomic mass is 9.94. The van der Waals surface area contributed by atoms with E-state index in [0.717, 1.165) is 12.5 Å². The van der Waals surface area contributed by atoms with Crippen LogP contribution in [0.15, 0.2) is 18.5 Å². The maximum absolute atomic E-state index is 4.38. The molecule has 0 atom stereocenters. The van der Waals surface area contributed by atoms with Crippen molar-refractivity contribution in [1.82, 2.24) is 9.88 Å². The molecule has 1 aliphatic heterocycles. The number of rotatable bonds is 4. The summed E-state index contributed by atoms with van der Waals surface area (Å²) >= 11 is 0. The van der Waals surface area contributed by atoms with Crippen molar-refractivity contribution >= 4 is 0 Å². The zero-order valence-electron chi connectivity index (χ0n) is 12.0. The molecule has 2 rings (SSSR count). The number of pyridine rings is 1. The van der Waals surface area contributed by atoms with E-state index in [-0.39, 0.29) is 0 Å². The smallest absolute Gasteiger partial charge is 0.0313 e. The number of hydrogen-bond acceptors (Lipinski definition) is 2. The topological polar surface area (TPSA) is 16.1 Å². The third-order valence-corrected chi connectivity index (χ3v) is 4.17. The summed E-state index contributed by atoms with van der Waals surface area (Å²) in [6.45, 7) is 10.4. The summed E-state index contributed by atoms with van der Waals surface area (Å²) in [6, 6.07) is 2.32. The van der Waals surface area contributed by atoms with Gasteiger partial charge in [0.2, 0.25) is 0 Å². The van der Waals surface area contributed by atoms with Gasteiger partial charge >= 0.3 is 0 Å². The van der Waals surface area contributed by atoms with E-state index in [2.05, 4.69) is 36.7 Å². The largest absolute Gasteiger partial charge is 0.299 e. The van der Waals surface area contributed by atoms with Crippen molar-refractivity contribution in [1.29, 1.82) is 0 Å². The Balaban J connectivity index is 1.92. The van der Waals surface area contributed by atoms with Crippen LogP contribution in [-0.4, -0.2) is 23.0 Å². The lowest BCUT2D eigenvalue weighted by molar-refractivity contribution is 0.175. The quantitative estimate of drug-likeness (QED) is 0.802. The second-order valence-corrected chi connectivity index (χ2v) is 5.91. The van der Waals surface area contributed by atoms with Gasteiger partial charge in [0.15, 0.2) is 0 Å². The van der Waals surface area contributed by atoms with E-state index in [4.69, 9.17) is 0 Å². The average molecular weight is 246 g/mol. The fourth-order valence-corrected chi connectivity index (χ4v) is 2.72. The fraction of sp³-hybridized carbons (Fsp3) is 0.688. The zero-order chi connectivity index (χ0) is 13.0. The minimum atomic E-state index is 0.572. The van der Waals surface area contributed by atoms with Crippen LogP contribution in [0.1, 0.15) is 57.1 Å². The molecule has 2 heteroatoms.